The summed E-state index contributed by atoms with van der Waals surface area (Å²) in [6.45, 7) is 12.2. The Bertz CT molecular complexity index is 824. The van der Waals surface area contributed by atoms with Gasteiger partial charge < -0.3 is 10.1 Å². The van der Waals surface area contributed by atoms with E-state index >= 15 is 0 Å². The fourth-order valence-corrected chi connectivity index (χ4v) is 3.95. The maximum absolute atomic E-state index is 12.8. The van der Waals surface area contributed by atoms with Crippen molar-refractivity contribution in [2.24, 2.45) is 0 Å². The van der Waals surface area contributed by atoms with E-state index in [-0.39, 0.29) is 29.8 Å². The molecule has 3 rings (SSSR count). The average molecular weight is 445 g/mol. The van der Waals surface area contributed by atoms with Crippen molar-refractivity contribution in [3.8, 4) is 5.75 Å². The highest BCUT2D eigenvalue weighted by Crippen LogP contribution is 2.28. The van der Waals surface area contributed by atoms with Crippen molar-refractivity contribution in [1.29, 1.82) is 0 Å². The summed E-state index contributed by atoms with van der Waals surface area (Å²) in [5, 5.41) is 3.17. The van der Waals surface area contributed by atoms with Gasteiger partial charge in [0.15, 0.2) is 0 Å². The Morgan fingerprint density at radius 3 is 2.39 bits per heavy atom. The maximum atomic E-state index is 12.8. The lowest BCUT2D eigenvalue weighted by Crippen LogP contribution is -2.36. The molecule has 1 aliphatic rings. The molecule has 0 spiro atoms. The maximum Gasteiger partial charge on any atom is 0.251 e. The van der Waals surface area contributed by atoms with Gasteiger partial charge in [0.25, 0.3) is 5.91 Å². The number of ether oxygens (including phenoxy) is 1. The van der Waals surface area contributed by atoms with Crippen LogP contribution in [-0.2, 0) is 5.41 Å². The van der Waals surface area contributed by atoms with Crippen LogP contribution in [0.5, 0.6) is 5.75 Å². The molecule has 170 valence electrons. The van der Waals surface area contributed by atoms with Gasteiger partial charge in [0.05, 0.1) is 12.6 Å². The van der Waals surface area contributed by atoms with Crippen LogP contribution in [0.15, 0.2) is 48.5 Å². The summed E-state index contributed by atoms with van der Waals surface area (Å²) in [5.41, 5.74) is 3.39. The Balaban J connectivity index is 0.00000341. The molecule has 1 heterocycles. The monoisotopic (exact) mass is 444 g/mol. The van der Waals surface area contributed by atoms with Gasteiger partial charge in [0.1, 0.15) is 5.75 Å². The summed E-state index contributed by atoms with van der Waals surface area (Å²) in [6.07, 6.45) is 3.39. The zero-order chi connectivity index (χ0) is 21.6. The Kier molecular flexibility index (Phi) is 9.39. The molecular weight excluding hydrogens is 408 g/mol. The second-order valence-electron chi connectivity index (χ2n) is 9.22. The van der Waals surface area contributed by atoms with Crippen LogP contribution in [0.4, 0.5) is 0 Å². The predicted octanol–water partition coefficient (Wildman–Crippen LogP) is 5.76. The number of carbonyl (C=O) groups excluding carboxylic acids is 1. The fraction of sp³-hybridized carbons (Fsp3) is 0.500. The van der Waals surface area contributed by atoms with E-state index < -0.39 is 0 Å². The normalized spacial score (nSPS) is 15.2. The Hall–Kier alpha value is -2.04. The smallest absolute Gasteiger partial charge is 0.251 e. The number of hydrogen-bond donors (Lipinski definition) is 1. The number of halogens is 1. The number of hydrogen-bond acceptors (Lipinski definition) is 3. The third-order valence-electron chi connectivity index (χ3n) is 5.77. The number of amides is 1. The molecule has 0 radical (unpaired) electrons. The lowest BCUT2D eigenvalue weighted by molar-refractivity contribution is 0.0937. The summed E-state index contributed by atoms with van der Waals surface area (Å²) in [5.74, 6) is 0.700. The Morgan fingerprint density at radius 1 is 1.10 bits per heavy atom. The first-order chi connectivity index (χ1) is 14.4. The summed E-state index contributed by atoms with van der Waals surface area (Å²) >= 11 is 0. The topological polar surface area (TPSA) is 41.6 Å². The first kappa shape index (κ1) is 25.2. The fourth-order valence-electron chi connectivity index (χ4n) is 3.95. The van der Waals surface area contributed by atoms with E-state index in [4.69, 9.17) is 4.74 Å². The molecule has 0 aliphatic carbocycles. The van der Waals surface area contributed by atoms with Crippen molar-refractivity contribution in [3.63, 3.8) is 0 Å². The number of nitrogens with zero attached hydrogens (tertiary/aromatic N) is 1. The molecule has 2 aromatic rings. The van der Waals surface area contributed by atoms with Gasteiger partial charge in [0.2, 0.25) is 0 Å². The van der Waals surface area contributed by atoms with E-state index in [2.05, 4.69) is 62.2 Å². The lowest BCUT2D eigenvalue weighted by Gasteiger charge is -2.29. The molecule has 1 fully saturated rings. The van der Waals surface area contributed by atoms with Crippen LogP contribution in [0.25, 0.3) is 0 Å². The molecule has 2 aromatic carbocycles. The van der Waals surface area contributed by atoms with Crippen LogP contribution in [0.3, 0.4) is 0 Å². The highest BCUT2D eigenvalue weighted by Gasteiger charge is 2.25. The van der Waals surface area contributed by atoms with E-state index in [9.17, 15) is 4.79 Å². The van der Waals surface area contributed by atoms with Crippen LogP contribution in [0, 0.1) is 0 Å². The van der Waals surface area contributed by atoms with Gasteiger partial charge in [-0.2, -0.15) is 0 Å². The molecule has 4 nitrogen and oxygen atoms in total. The van der Waals surface area contributed by atoms with Gasteiger partial charge >= 0.3 is 0 Å². The van der Waals surface area contributed by atoms with Gasteiger partial charge in [0, 0.05) is 12.1 Å². The lowest BCUT2D eigenvalue weighted by atomic mass is 9.86. The minimum atomic E-state index is -0.0487. The van der Waals surface area contributed by atoms with Crippen LogP contribution in [0.1, 0.15) is 74.5 Å². The van der Waals surface area contributed by atoms with Crippen LogP contribution in [-0.4, -0.2) is 37.0 Å². The molecule has 0 aromatic heterocycles. The summed E-state index contributed by atoms with van der Waals surface area (Å²) in [6, 6.07) is 16.6. The number of likely N-dealkylation sites (tertiary alicyclic amines) is 1. The molecule has 0 saturated carbocycles. The molecular formula is C26H37ClN2O2. The highest BCUT2D eigenvalue weighted by molar-refractivity contribution is 5.94. The van der Waals surface area contributed by atoms with Gasteiger partial charge in [-0.25, -0.2) is 0 Å². The summed E-state index contributed by atoms with van der Waals surface area (Å²) in [4.78, 5) is 15.3. The second kappa shape index (κ2) is 11.5. The molecule has 1 amide bonds. The van der Waals surface area contributed by atoms with Crippen molar-refractivity contribution in [1.82, 2.24) is 10.2 Å². The highest BCUT2D eigenvalue weighted by atomic mass is 35.5. The molecule has 1 unspecified atom stereocenters. The van der Waals surface area contributed by atoms with Crippen molar-refractivity contribution in [2.75, 3.05) is 26.2 Å². The largest absolute Gasteiger partial charge is 0.494 e. The van der Waals surface area contributed by atoms with E-state index in [1.165, 1.54) is 24.0 Å². The van der Waals surface area contributed by atoms with E-state index in [1.54, 1.807) is 0 Å². The minimum absolute atomic E-state index is 0. The molecule has 31 heavy (non-hydrogen) atoms. The SMILES string of the molecule is CCCOc1cccc(C(=O)NCC(c2ccc(C(C)(C)C)cc2)N2CCCC2)c1.Cl. The third kappa shape index (κ3) is 6.98. The molecule has 1 aliphatic heterocycles. The van der Waals surface area contributed by atoms with E-state index in [1.807, 2.05) is 24.3 Å². The van der Waals surface area contributed by atoms with Gasteiger partial charge in [-0.15, -0.1) is 12.4 Å². The zero-order valence-electron chi connectivity index (χ0n) is 19.3. The van der Waals surface area contributed by atoms with Crippen molar-refractivity contribution >= 4 is 18.3 Å². The second-order valence-corrected chi connectivity index (χ2v) is 9.22. The van der Waals surface area contributed by atoms with Gasteiger partial charge in [-0.05, 0) is 67.1 Å². The first-order valence-corrected chi connectivity index (χ1v) is 11.2. The molecule has 1 N–H and O–H groups in total. The van der Waals surface area contributed by atoms with Crippen molar-refractivity contribution < 1.29 is 9.53 Å². The van der Waals surface area contributed by atoms with Crippen LogP contribution in [0.2, 0.25) is 0 Å². The molecule has 1 saturated heterocycles. The molecule has 0 bridgehead atoms. The zero-order valence-corrected chi connectivity index (χ0v) is 20.1. The standard InChI is InChI=1S/C26H36N2O2.ClH/c1-5-17-30-23-10-8-9-21(18-23)25(29)27-19-24(28-15-6-7-16-28)20-11-13-22(14-12-20)26(2,3)4;/h8-14,18,24H,5-7,15-17,19H2,1-4H3,(H,27,29);1H. The number of carbonyl (C=O) groups is 1. The third-order valence-corrected chi connectivity index (χ3v) is 5.77. The molecule has 1 atom stereocenters. The Morgan fingerprint density at radius 2 is 1.77 bits per heavy atom. The molecule has 5 heteroatoms. The first-order valence-electron chi connectivity index (χ1n) is 11.2. The summed E-state index contributed by atoms with van der Waals surface area (Å²) in [7, 11) is 0. The number of rotatable bonds is 8. The Labute approximate surface area is 193 Å². The predicted molar refractivity (Wildman–Crippen MR) is 130 cm³/mol. The average Bonchev–Trinajstić information content (AvgIpc) is 3.27. The van der Waals surface area contributed by atoms with E-state index in [0.717, 1.165) is 25.3 Å². The van der Waals surface area contributed by atoms with Crippen molar-refractivity contribution in [3.05, 3.63) is 65.2 Å². The minimum Gasteiger partial charge on any atom is -0.494 e. The van der Waals surface area contributed by atoms with Crippen LogP contribution >= 0.6 is 12.4 Å². The van der Waals surface area contributed by atoms with Gasteiger partial charge in [-0.3, -0.25) is 9.69 Å². The van der Waals surface area contributed by atoms with Crippen molar-refractivity contribution in [2.45, 2.75) is 58.4 Å². The summed E-state index contributed by atoms with van der Waals surface area (Å²) < 4.78 is 5.67. The van der Waals surface area contributed by atoms with Gasteiger partial charge in [-0.1, -0.05) is 58.0 Å². The van der Waals surface area contributed by atoms with Crippen LogP contribution < -0.4 is 10.1 Å². The van der Waals surface area contributed by atoms with E-state index in [0.29, 0.717) is 18.7 Å². The number of benzene rings is 2. The number of nitrogens with one attached hydrogen (secondary N) is 1. The quantitative estimate of drug-likeness (QED) is 0.562.